The Bertz CT molecular complexity index is 779. The molecule has 120 valence electrons. The first-order valence-corrected chi connectivity index (χ1v) is 8.62. The molecule has 2 rings (SSSR count). The molecule has 0 N–H and O–H groups in total. The van der Waals surface area contributed by atoms with Crippen molar-refractivity contribution in [2.24, 2.45) is 0 Å². The van der Waals surface area contributed by atoms with E-state index in [-0.39, 0.29) is 4.90 Å². The Hall–Kier alpha value is -2.36. The molecule has 0 fully saturated rings. The highest BCUT2D eigenvalue weighted by atomic mass is 32.2. The highest BCUT2D eigenvalue weighted by Crippen LogP contribution is 2.23. The lowest BCUT2D eigenvalue weighted by molar-refractivity contribution is 0.419. The summed E-state index contributed by atoms with van der Waals surface area (Å²) in [6.07, 6.45) is 0. The summed E-state index contributed by atoms with van der Waals surface area (Å²) in [5.74, 6) is 0. The van der Waals surface area contributed by atoms with E-state index in [2.05, 4.69) is 0 Å². The van der Waals surface area contributed by atoms with Crippen LogP contribution in [0.3, 0.4) is 0 Å². The first-order chi connectivity index (χ1) is 10.9. The topological polar surface area (TPSA) is 64.4 Å². The number of hydrogen-bond acceptors (Lipinski definition) is 4. The van der Waals surface area contributed by atoms with Gasteiger partial charge >= 0.3 is 0 Å². The minimum absolute atomic E-state index is 0.180. The van der Waals surface area contributed by atoms with Gasteiger partial charge in [0.1, 0.15) is 0 Å². The van der Waals surface area contributed by atoms with Gasteiger partial charge in [0.25, 0.3) is 10.0 Å². The molecule has 0 saturated heterocycles. The monoisotopic (exact) mass is 329 g/mol. The maximum atomic E-state index is 13.0. The number of nitriles is 1. The molecule has 2 aromatic carbocycles. The molecule has 0 aromatic heterocycles. The standard InChI is InChI=1S/C17H19N3O2S/c1-19(2)12-13-20(16-6-4-3-5-7-16)23(21,22)17-10-8-15(14-18)9-11-17/h3-11H,12-13H2,1-2H3. The molecule has 0 atom stereocenters. The van der Waals surface area contributed by atoms with Gasteiger partial charge in [-0.1, -0.05) is 18.2 Å². The second-order valence-electron chi connectivity index (χ2n) is 5.35. The Kier molecular flexibility index (Phi) is 5.37. The zero-order chi connectivity index (χ0) is 16.9. The Morgan fingerprint density at radius 2 is 1.57 bits per heavy atom. The van der Waals surface area contributed by atoms with Crippen molar-refractivity contribution in [2.45, 2.75) is 4.90 Å². The highest BCUT2D eigenvalue weighted by Gasteiger charge is 2.24. The third-order valence-corrected chi connectivity index (χ3v) is 5.21. The minimum atomic E-state index is -3.68. The summed E-state index contributed by atoms with van der Waals surface area (Å²) in [7, 11) is 0.123. The van der Waals surface area contributed by atoms with Crippen LogP contribution in [-0.4, -0.2) is 40.5 Å². The lowest BCUT2D eigenvalue weighted by Gasteiger charge is -2.26. The second kappa shape index (κ2) is 7.27. The van der Waals surface area contributed by atoms with Gasteiger partial charge in [-0.3, -0.25) is 4.31 Å². The summed E-state index contributed by atoms with van der Waals surface area (Å²) in [4.78, 5) is 2.11. The van der Waals surface area contributed by atoms with Crippen LogP contribution < -0.4 is 4.31 Å². The van der Waals surface area contributed by atoms with Crippen molar-refractivity contribution in [2.75, 3.05) is 31.5 Å². The Morgan fingerprint density at radius 3 is 2.09 bits per heavy atom. The van der Waals surface area contributed by atoms with E-state index >= 15 is 0 Å². The number of likely N-dealkylation sites (N-methyl/N-ethyl adjacent to an activating group) is 1. The number of rotatable bonds is 6. The van der Waals surface area contributed by atoms with E-state index in [1.165, 1.54) is 28.6 Å². The molecule has 0 radical (unpaired) electrons. The third-order valence-electron chi connectivity index (χ3n) is 3.37. The van der Waals surface area contributed by atoms with E-state index in [0.717, 1.165) is 0 Å². The summed E-state index contributed by atoms with van der Waals surface area (Å²) >= 11 is 0. The predicted molar refractivity (Wildman–Crippen MR) is 90.7 cm³/mol. The fraction of sp³-hybridized carbons (Fsp3) is 0.235. The van der Waals surface area contributed by atoms with Crippen LogP contribution in [0.4, 0.5) is 5.69 Å². The Morgan fingerprint density at radius 1 is 0.957 bits per heavy atom. The summed E-state index contributed by atoms with van der Waals surface area (Å²) < 4.78 is 27.3. The number of nitrogens with zero attached hydrogens (tertiary/aromatic N) is 3. The van der Waals surface area contributed by atoms with Crippen LogP contribution >= 0.6 is 0 Å². The highest BCUT2D eigenvalue weighted by molar-refractivity contribution is 7.92. The lowest BCUT2D eigenvalue weighted by atomic mass is 10.2. The van der Waals surface area contributed by atoms with Gasteiger partial charge in [-0.2, -0.15) is 5.26 Å². The van der Waals surface area contributed by atoms with Crippen LogP contribution in [-0.2, 0) is 10.0 Å². The fourth-order valence-corrected chi connectivity index (χ4v) is 3.56. The predicted octanol–water partition coefficient (Wildman–Crippen LogP) is 2.32. The minimum Gasteiger partial charge on any atom is -0.308 e. The number of hydrogen-bond donors (Lipinski definition) is 0. The summed E-state index contributed by atoms with van der Waals surface area (Å²) in [6, 6.07) is 17.0. The van der Waals surface area contributed by atoms with Crippen molar-refractivity contribution >= 4 is 15.7 Å². The molecule has 0 unspecified atom stereocenters. The molecule has 23 heavy (non-hydrogen) atoms. The lowest BCUT2D eigenvalue weighted by Crippen LogP contribution is -2.36. The van der Waals surface area contributed by atoms with Crippen LogP contribution in [0.1, 0.15) is 5.56 Å². The summed E-state index contributed by atoms with van der Waals surface area (Å²) in [5.41, 5.74) is 1.06. The van der Waals surface area contributed by atoms with Crippen LogP contribution in [0.2, 0.25) is 0 Å². The maximum absolute atomic E-state index is 13.0. The second-order valence-corrected chi connectivity index (χ2v) is 7.21. The molecule has 0 aliphatic heterocycles. The summed E-state index contributed by atoms with van der Waals surface area (Å²) in [6.45, 7) is 0.948. The van der Waals surface area contributed by atoms with Gasteiger partial charge in [0, 0.05) is 13.1 Å². The SMILES string of the molecule is CN(C)CCN(c1ccccc1)S(=O)(=O)c1ccc(C#N)cc1. The van der Waals surface area contributed by atoms with Crippen molar-refractivity contribution in [3.8, 4) is 6.07 Å². The molecule has 5 nitrogen and oxygen atoms in total. The summed E-state index contributed by atoms with van der Waals surface area (Å²) in [5, 5.41) is 8.85. The smallest absolute Gasteiger partial charge is 0.264 e. The van der Waals surface area contributed by atoms with Crippen LogP contribution in [0.15, 0.2) is 59.5 Å². The van der Waals surface area contributed by atoms with E-state index < -0.39 is 10.0 Å². The van der Waals surface area contributed by atoms with Gasteiger partial charge < -0.3 is 4.90 Å². The Balaban J connectivity index is 2.41. The first kappa shape index (κ1) is 17.0. The van der Waals surface area contributed by atoms with Gasteiger partial charge in [-0.25, -0.2) is 8.42 Å². The molecule has 0 spiro atoms. The number of sulfonamides is 1. The zero-order valence-electron chi connectivity index (χ0n) is 13.2. The average Bonchev–Trinajstić information content (AvgIpc) is 2.55. The quantitative estimate of drug-likeness (QED) is 0.816. The molecule has 0 heterocycles. The number of benzene rings is 2. The van der Waals surface area contributed by atoms with E-state index in [4.69, 9.17) is 5.26 Å². The molecule has 0 bridgehead atoms. The van der Waals surface area contributed by atoms with E-state index in [1.54, 1.807) is 12.1 Å². The van der Waals surface area contributed by atoms with Crippen molar-refractivity contribution in [3.05, 3.63) is 60.2 Å². The zero-order valence-corrected chi connectivity index (χ0v) is 14.0. The Labute approximate surface area is 137 Å². The van der Waals surface area contributed by atoms with Gasteiger partial charge in [0.15, 0.2) is 0 Å². The number of para-hydroxylation sites is 1. The van der Waals surface area contributed by atoms with E-state index in [1.807, 2.05) is 43.3 Å². The van der Waals surface area contributed by atoms with Crippen molar-refractivity contribution in [3.63, 3.8) is 0 Å². The van der Waals surface area contributed by atoms with Crippen molar-refractivity contribution in [1.29, 1.82) is 5.26 Å². The van der Waals surface area contributed by atoms with Crippen LogP contribution in [0.25, 0.3) is 0 Å². The van der Waals surface area contributed by atoms with Gasteiger partial charge in [0.05, 0.1) is 22.2 Å². The molecule has 0 saturated carbocycles. The molecular formula is C17H19N3O2S. The largest absolute Gasteiger partial charge is 0.308 e. The maximum Gasteiger partial charge on any atom is 0.264 e. The van der Waals surface area contributed by atoms with Crippen LogP contribution in [0.5, 0.6) is 0 Å². The van der Waals surface area contributed by atoms with Gasteiger partial charge in [-0.15, -0.1) is 0 Å². The molecule has 2 aromatic rings. The molecular weight excluding hydrogens is 310 g/mol. The number of anilines is 1. The van der Waals surface area contributed by atoms with Crippen LogP contribution in [0, 0.1) is 11.3 Å². The normalized spacial score (nSPS) is 11.2. The molecule has 6 heteroatoms. The molecule has 0 amide bonds. The third kappa shape index (κ3) is 4.09. The molecule has 0 aliphatic rings. The van der Waals surface area contributed by atoms with Gasteiger partial charge in [-0.05, 0) is 50.5 Å². The fourth-order valence-electron chi connectivity index (χ4n) is 2.10. The van der Waals surface area contributed by atoms with Gasteiger partial charge in [0.2, 0.25) is 0 Å². The van der Waals surface area contributed by atoms with Crippen molar-refractivity contribution in [1.82, 2.24) is 4.90 Å². The first-order valence-electron chi connectivity index (χ1n) is 7.18. The van der Waals surface area contributed by atoms with E-state index in [9.17, 15) is 8.42 Å². The molecule has 0 aliphatic carbocycles. The van der Waals surface area contributed by atoms with Crippen molar-refractivity contribution < 1.29 is 8.42 Å². The van der Waals surface area contributed by atoms with E-state index in [0.29, 0.717) is 24.3 Å². The average molecular weight is 329 g/mol.